The van der Waals surface area contributed by atoms with Crippen LogP contribution in [0.4, 0.5) is 0 Å². The van der Waals surface area contributed by atoms with Crippen molar-refractivity contribution in [3.8, 4) is 5.13 Å². The summed E-state index contributed by atoms with van der Waals surface area (Å²) in [4.78, 5) is 0. The lowest BCUT2D eigenvalue weighted by molar-refractivity contribution is 0.765. The zero-order valence-electron chi connectivity index (χ0n) is 7.93. The number of nitrogens with zero attached hydrogens (tertiary/aromatic N) is 5. The van der Waals surface area contributed by atoms with Gasteiger partial charge in [0.25, 0.3) is 0 Å². The lowest BCUT2D eigenvalue weighted by Gasteiger charge is -1.95. The Morgan fingerprint density at radius 3 is 2.57 bits per heavy atom. The minimum atomic E-state index is 0.392. The maximum atomic E-state index is 5.50. The third-order valence-electron chi connectivity index (χ3n) is 1.88. The third kappa shape index (κ3) is 1.40. The van der Waals surface area contributed by atoms with Gasteiger partial charge in [0, 0.05) is 6.54 Å². The lowest BCUT2D eigenvalue weighted by Crippen LogP contribution is -2.01. The molecular formula is C7H10N6S. The van der Waals surface area contributed by atoms with Crippen molar-refractivity contribution in [2.24, 2.45) is 5.73 Å². The molecule has 2 rings (SSSR count). The summed E-state index contributed by atoms with van der Waals surface area (Å²) in [6.45, 7) is 4.21. The third-order valence-corrected chi connectivity index (χ3v) is 2.69. The average molecular weight is 210 g/mol. The zero-order valence-corrected chi connectivity index (χ0v) is 8.75. The van der Waals surface area contributed by atoms with Gasteiger partial charge < -0.3 is 5.73 Å². The van der Waals surface area contributed by atoms with Crippen LogP contribution in [0.2, 0.25) is 0 Å². The Kier molecular flexibility index (Phi) is 2.26. The highest BCUT2D eigenvalue weighted by molar-refractivity contribution is 7.13. The van der Waals surface area contributed by atoms with E-state index in [1.165, 1.54) is 11.3 Å². The van der Waals surface area contributed by atoms with E-state index in [1.54, 1.807) is 4.68 Å². The molecule has 0 saturated carbocycles. The average Bonchev–Trinajstić information content (AvgIpc) is 2.72. The van der Waals surface area contributed by atoms with Gasteiger partial charge in [-0.2, -0.15) is 4.68 Å². The predicted octanol–water partition coefficient (Wildman–Crippen LogP) is 0.194. The molecule has 0 spiro atoms. The Balaban J connectivity index is 2.46. The number of aromatic nitrogens is 5. The van der Waals surface area contributed by atoms with E-state index < -0.39 is 0 Å². The molecule has 0 aliphatic carbocycles. The Morgan fingerprint density at radius 2 is 2.07 bits per heavy atom. The second kappa shape index (κ2) is 3.43. The summed E-state index contributed by atoms with van der Waals surface area (Å²) in [5.41, 5.74) is 7.21. The zero-order chi connectivity index (χ0) is 10.1. The molecule has 7 heteroatoms. The van der Waals surface area contributed by atoms with Crippen molar-refractivity contribution in [3.05, 3.63) is 16.4 Å². The summed E-state index contributed by atoms with van der Waals surface area (Å²) in [5, 5.41) is 17.4. The molecule has 6 nitrogen and oxygen atoms in total. The first-order valence-corrected chi connectivity index (χ1v) is 4.95. The molecule has 74 valence electrons. The molecule has 2 heterocycles. The van der Waals surface area contributed by atoms with Crippen molar-refractivity contribution < 1.29 is 0 Å². The second-order valence-electron chi connectivity index (χ2n) is 2.84. The van der Waals surface area contributed by atoms with Crippen molar-refractivity contribution in [3.63, 3.8) is 0 Å². The number of rotatable bonds is 2. The molecule has 2 aromatic rings. The number of hydrogen-bond donors (Lipinski definition) is 1. The molecule has 0 unspecified atom stereocenters. The first-order valence-electron chi connectivity index (χ1n) is 4.14. The Bertz CT molecular complexity index is 445. The van der Waals surface area contributed by atoms with Gasteiger partial charge in [-0.25, -0.2) is 0 Å². The van der Waals surface area contributed by atoms with E-state index in [2.05, 4.69) is 20.5 Å². The van der Waals surface area contributed by atoms with E-state index in [0.29, 0.717) is 6.54 Å². The summed E-state index contributed by atoms with van der Waals surface area (Å²) in [5.74, 6) is 0. The van der Waals surface area contributed by atoms with Crippen LogP contribution in [-0.4, -0.2) is 25.2 Å². The van der Waals surface area contributed by atoms with E-state index in [9.17, 15) is 0 Å². The molecule has 0 fully saturated rings. The molecule has 0 radical (unpaired) electrons. The van der Waals surface area contributed by atoms with E-state index in [1.807, 2.05) is 13.8 Å². The van der Waals surface area contributed by atoms with Gasteiger partial charge in [0.15, 0.2) is 0 Å². The van der Waals surface area contributed by atoms with Crippen LogP contribution in [0.1, 0.15) is 16.4 Å². The highest BCUT2D eigenvalue weighted by atomic mass is 32.1. The molecule has 0 bridgehead atoms. The molecule has 0 aliphatic rings. The van der Waals surface area contributed by atoms with Crippen LogP contribution in [0.3, 0.4) is 0 Å². The minimum absolute atomic E-state index is 0.392. The second-order valence-corrected chi connectivity index (χ2v) is 4.00. The quantitative estimate of drug-likeness (QED) is 0.765. The minimum Gasteiger partial charge on any atom is -0.325 e. The van der Waals surface area contributed by atoms with E-state index in [-0.39, 0.29) is 0 Å². The van der Waals surface area contributed by atoms with Crippen LogP contribution in [0.15, 0.2) is 0 Å². The van der Waals surface area contributed by atoms with Crippen molar-refractivity contribution in [2.45, 2.75) is 20.4 Å². The van der Waals surface area contributed by atoms with Crippen molar-refractivity contribution in [1.82, 2.24) is 25.2 Å². The summed E-state index contributed by atoms with van der Waals surface area (Å²) in [6, 6.07) is 0. The van der Waals surface area contributed by atoms with Gasteiger partial charge in [-0.3, -0.25) is 0 Å². The fourth-order valence-electron chi connectivity index (χ4n) is 1.10. The Labute approximate surface area is 84.8 Å². The highest BCUT2D eigenvalue weighted by Crippen LogP contribution is 2.15. The molecule has 2 aromatic heterocycles. The van der Waals surface area contributed by atoms with E-state index >= 15 is 0 Å². The number of nitrogens with two attached hydrogens (primary N) is 1. The Morgan fingerprint density at radius 1 is 1.29 bits per heavy atom. The van der Waals surface area contributed by atoms with Gasteiger partial charge >= 0.3 is 0 Å². The fourth-order valence-corrected chi connectivity index (χ4v) is 1.79. The van der Waals surface area contributed by atoms with Crippen LogP contribution in [-0.2, 0) is 6.54 Å². The SMILES string of the molecule is Cc1nnc(-n2nnc(CN)c2C)s1. The van der Waals surface area contributed by atoms with E-state index in [4.69, 9.17) is 5.73 Å². The van der Waals surface area contributed by atoms with Gasteiger partial charge in [-0.05, 0) is 13.8 Å². The molecular weight excluding hydrogens is 200 g/mol. The predicted molar refractivity (Wildman–Crippen MR) is 52.2 cm³/mol. The van der Waals surface area contributed by atoms with Gasteiger partial charge in [-0.1, -0.05) is 16.6 Å². The van der Waals surface area contributed by atoms with Crippen LogP contribution in [0, 0.1) is 13.8 Å². The molecule has 0 atom stereocenters. The van der Waals surface area contributed by atoms with Crippen LogP contribution >= 0.6 is 11.3 Å². The van der Waals surface area contributed by atoms with E-state index in [0.717, 1.165) is 21.5 Å². The topological polar surface area (TPSA) is 82.5 Å². The normalized spacial score (nSPS) is 10.8. The lowest BCUT2D eigenvalue weighted by atomic mass is 10.3. The molecule has 0 saturated heterocycles. The van der Waals surface area contributed by atoms with Crippen molar-refractivity contribution in [2.75, 3.05) is 0 Å². The van der Waals surface area contributed by atoms with Gasteiger partial charge in [0.2, 0.25) is 5.13 Å². The maximum Gasteiger partial charge on any atom is 0.234 e. The molecule has 14 heavy (non-hydrogen) atoms. The Hall–Kier alpha value is -1.34. The number of hydrogen-bond acceptors (Lipinski definition) is 6. The molecule has 0 amide bonds. The first kappa shape index (κ1) is 9.22. The summed E-state index contributed by atoms with van der Waals surface area (Å²) < 4.78 is 1.66. The monoisotopic (exact) mass is 210 g/mol. The smallest absolute Gasteiger partial charge is 0.234 e. The number of aryl methyl sites for hydroxylation is 1. The summed E-state index contributed by atoms with van der Waals surface area (Å²) in [6.07, 6.45) is 0. The molecule has 0 aromatic carbocycles. The maximum absolute atomic E-state index is 5.50. The van der Waals surface area contributed by atoms with Gasteiger partial charge in [-0.15, -0.1) is 15.3 Å². The van der Waals surface area contributed by atoms with Crippen molar-refractivity contribution >= 4 is 11.3 Å². The van der Waals surface area contributed by atoms with Crippen LogP contribution < -0.4 is 5.73 Å². The summed E-state index contributed by atoms with van der Waals surface area (Å²) in [7, 11) is 0. The van der Waals surface area contributed by atoms with Gasteiger partial charge in [0.05, 0.1) is 11.4 Å². The van der Waals surface area contributed by atoms with Crippen LogP contribution in [0.25, 0.3) is 5.13 Å². The van der Waals surface area contributed by atoms with Gasteiger partial charge in [0.1, 0.15) is 5.01 Å². The highest BCUT2D eigenvalue weighted by Gasteiger charge is 2.11. The first-order chi connectivity index (χ1) is 6.72. The summed E-state index contributed by atoms with van der Waals surface area (Å²) >= 11 is 1.48. The molecule has 0 aliphatic heterocycles. The standard InChI is InChI=1S/C7H10N6S/c1-4-6(3-8)10-12-13(4)7-11-9-5(2)14-7/h3,8H2,1-2H3. The molecule has 2 N–H and O–H groups in total. The van der Waals surface area contributed by atoms with Crippen LogP contribution in [0.5, 0.6) is 0 Å². The fraction of sp³-hybridized carbons (Fsp3) is 0.429. The van der Waals surface area contributed by atoms with Crippen molar-refractivity contribution in [1.29, 1.82) is 0 Å². The largest absolute Gasteiger partial charge is 0.325 e.